The lowest BCUT2D eigenvalue weighted by Crippen LogP contribution is -2.47. The maximum Gasteiger partial charge on any atom is 0.240 e. The highest BCUT2D eigenvalue weighted by Crippen LogP contribution is 2.20. The van der Waals surface area contributed by atoms with E-state index in [9.17, 15) is 9.90 Å². The van der Waals surface area contributed by atoms with Crippen LogP contribution in [0, 0.1) is 16.7 Å². The van der Waals surface area contributed by atoms with E-state index in [1.54, 1.807) is 13.8 Å². The van der Waals surface area contributed by atoms with E-state index in [2.05, 4.69) is 5.32 Å². The molecule has 2 unspecified atom stereocenters. The summed E-state index contributed by atoms with van der Waals surface area (Å²) < 4.78 is 0. The fourth-order valence-corrected chi connectivity index (χ4v) is 1.86. The Hall–Kier alpha value is -1.08. The van der Waals surface area contributed by atoms with Crippen molar-refractivity contribution in [2.75, 3.05) is 0 Å². The third-order valence-corrected chi connectivity index (χ3v) is 3.14. The van der Waals surface area contributed by atoms with Gasteiger partial charge in [0.25, 0.3) is 0 Å². The van der Waals surface area contributed by atoms with Gasteiger partial charge in [-0.3, -0.25) is 4.79 Å². The van der Waals surface area contributed by atoms with E-state index >= 15 is 0 Å². The van der Waals surface area contributed by atoms with Gasteiger partial charge in [-0.15, -0.1) is 0 Å². The van der Waals surface area contributed by atoms with Gasteiger partial charge in [0.2, 0.25) is 5.91 Å². The zero-order valence-corrected chi connectivity index (χ0v) is 9.99. The summed E-state index contributed by atoms with van der Waals surface area (Å²) in [5.74, 6) is -0.291. The first-order valence-electron chi connectivity index (χ1n) is 5.87. The molecule has 0 bridgehead atoms. The standard InChI is InChI=1S/C12H20N2O2/c1-12(2,8-13)11(16)14-9-6-4-3-5-7-10(9)15/h9-10,15H,3-7H2,1-2H3,(H,14,16). The van der Waals surface area contributed by atoms with E-state index in [4.69, 9.17) is 5.26 Å². The maximum absolute atomic E-state index is 11.8. The highest BCUT2D eigenvalue weighted by molar-refractivity contribution is 5.84. The third-order valence-electron chi connectivity index (χ3n) is 3.14. The average Bonchev–Trinajstić information content (AvgIpc) is 2.44. The smallest absolute Gasteiger partial charge is 0.240 e. The summed E-state index contributed by atoms with van der Waals surface area (Å²) in [6.45, 7) is 3.18. The molecular formula is C12H20N2O2. The van der Waals surface area contributed by atoms with Crippen LogP contribution in [-0.4, -0.2) is 23.2 Å². The highest BCUT2D eigenvalue weighted by Gasteiger charge is 2.31. The molecule has 0 saturated heterocycles. The normalized spacial score (nSPS) is 26.6. The van der Waals surface area contributed by atoms with Crippen LogP contribution in [0.2, 0.25) is 0 Å². The molecule has 0 heterocycles. The summed E-state index contributed by atoms with van der Waals surface area (Å²) in [6.07, 6.45) is 4.20. The molecule has 1 amide bonds. The first kappa shape index (κ1) is 13.0. The van der Waals surface area contributed by atoms with Gasteiger partial charge in [0.05, 0.1) is 18.2 Å². The molecule has 2 N–H and O–H groups in total. The second-order valence-electron chi connectivity index (χ2n) is 5.02. The van der Waals surface area contributed by atoms with E-state index < -0.39 is 11.5 Å². The molecule has 0 aromatic carbocycles. The van der Waals surface area contributed by atoms with Gasteiger partial charge in [0, 0.05) is 0 Å². The Kier molecular flexibility index (Phi) is 4.31. The van der Waals surface area contributed by atoms with Gasteiger partial charge in [0.1, 0.15) is 5.41 Å². The van der Waals surface area contributed by atoms with Crippen molar-refractivity contribution in [2.45, 2.75) is 58.1 Å². The quantitative estimate of drug-likeness (QED) is 0.695. The van der Waals surface area contributed by atoms with Crippen LogP contribution in [0.15, 0.2) is 0 Å². The highest BCUT2D eigenvalue weighted by atomic mass is 16.3. The van der Waals surface area contributed by atoms with Crippen LogP contribution in [0.25, 0.3) is 0 Å². The summed E-state index contributed by atoms with van der Waals surface area (Å²) in [7, 11) is 0. The minimum absolute atomic E-state index is 0.192. The molecule has 16 heavy (non-hydrogen) atoms. The van der Waals surface area contributed by atoms with E-state index in [1.807, 2.05) is 6.07 Å². The molecule has 1 aliphatic rings. The number of rotatable bonds is 2. The van der Waals surface area contributed by atoms with Crippen molar-refractivity contribution < 1.29 is 9.90 Å². The number of carbonyl (C=O) groups excluding carboxylic acids is 1. The molecule has 1 saturated carbocycles. The maximum atomic E-state index is 11.8. The van der Waals surface area contributed by atoms with Crippen molar-refractivity contribution in [3.63, 3.8) is 0 Å². The number of hydrogen-bond acceptors (Lipinski definition) is 3. The van der Waals surface area contributed by atoms with E-state index in [0.29, 0.717) is 0 Å². The van der Waals surface area contributed by atoms with Crippen LogP contribution in [0.5, 0.6) is 0 Å². The van der Waals surface area contributed by atoms with E-state index in [0.717, 1.165) is 32.1 Å². The fourth-order valence-electron chi connectivity index (χ4n) is 1.86. The Balaban J connectivity index is 2.59. The van der Waals surface area contributed by atoms with Crippen molar-refractivity contribution in [3.8, 4) is 6.07 Å². The van der Waals surface area contributed by atoms with Gasteiger partial charge >= 0.3 is 0 Å². The average molecular weight is 224 g/mol. The lowest BCUT2D eigenvalue weighted by atomic mass is 9.93. The Morgan fingerprint density at radius 3 is 2.62 bits per heavy atom. The van der Waals surface area contributed by atoms with E-state index in [1.165, 1.54) is 0 Å². The molecule has 0 radical (unpaired) electrons. The SMILES string of the molecule is CC(C)(C#N)C(=O)NC1CCCCCC1O. The van der Waals surface area contributed by atoms with Gasteiger partial charge in [-0.25, -0.2) is 0 Å². The van der Waals surface area contributed by atoms with Crippen LogP contribution in [0.3, 0.4) is 0 Å². The Labute approximate surface area is 96.6 Å². The van der Waals surface area contributed by atoms with Crippen molar-refractivity contribution in [2.24, 2.45) is 5.41 Å². The molecule has 0 aromatic rings. The molecular weight excluding hydrogens is 204 g/mol. The molecule has 0 aliphatic heterocycles. The second kappa shape index (κ2) is 5.31. The molecule has 4 heteroatoms. The number of aliphatic hydroxyl groups excluding tert-OH is 1. The van der Waals surface area contributed by atoms with Crippen LogP contribution in [0.4, 0.5) is 0 Å². The largest absolute Gasteiger partial charge is 0.391 e. The minimum Gasteiger partial charge on any atom is -0.391 e. The third kappa shape index (κ3) is 3.21. The molecule has 2 atom stereocenters. The lowest BCUT2D eigenvalue weighted by Gasteiger charge is -2.25. The van der Waals surface area contributed by atoms with Crippen molar-refractivity contribution in [1.29, 1.82) is 5.26 Å². The van der Waals surface area contributed by atoms with Crippen LogP contribution < -0.4 is 5.32 Å². The molecule has 90 valence electrons. The predicted molar refractivity (Wildman–Crippen MR) is 60.4 cm³/mol. The second-order valence-corrected chi connectivity index (χ2v) is 5.02. The van der Waals surface area contributed by atoms with E-state index in [-0.39, 0.29) is 11.9 Å². The number of nitrogens with one attached hydrogen (secondary N) is 1. The van der Waals surface area contributed by atoms with Gasteiger partial charge < -0.3 is 10.4 Å². The van der Waals surface area contributed by atoms with Gasteiger partial charge in [0.15, 0.2) is 0 Å². The summed E-state index contributed by atoms with van der Waals surface area (Å²) >= 11 is 0. The van der Waals surface area contributed by atoms with Crippen LogP contribution in [-0.2, 0) is 4.79 Å². The summed E-state index contributed by atoms with van der Waals surface area (Å²) in [5.41, 5.74) is -1.02. The van der Waals surface area contributed by atoms with Crippen molar-refractivity contribution in [3.05, 3.63) is 0 Å². The van der Waals surface area contributed by atoms with Crippen LogP contribution in [0.1, 0.15) is 46.0 Å². The summed E-state index contributed by atoms with van der Waals surface area (Å²) in [5, 5.41) is 21.5. The molecule has 0 aromatic heterocycles. The predicted octanol–water partition coefficient (Wildman–Crippen LogP) is 1.35. The first-order valence-corrected chi connectivity index (χ1v) is 5.87. The minimum atomic E-state index is -1.02. The fraction of sp³-hybridized carbons (Fsp3) is 0.833. The zero-order chi connectivity index (χ0) is 12.2. The Morgan fingerprint density at radius 2 is 2.00 bits per heavy atom. The summed E-state index contributed by atoms with van der Waals surface area (Å²) in [4.78, 5) is 11.8. The van der Waals surface area contributed by atoms with Gasteiger partial charge in [-0.05, 0) is 26.7 Å². The number of nitriles is 1. The first-order chi connectivity index (χ1) is 7.47. The number of nitrogens with zero attached hydrogens (tertiary/aromatic N) is 1. The Morgan fingerprint density at radius 1 is 1.38 bits per heavy atom. The molecule has 4 nitrogen and oxygen atoms in total. The molecule has 0 spiro atoms. The topological polar surface area (TPSA) is 73.1 Å². The van der Waals surface area contributed by atoms with Crippen molar-refractivity contribution in [1.82, 2.24) is 5.32 Å². The lowest BCUT2D eigenvalue weighted by molar-refractivity contribution is -0.128. The van der Waals surface area contributed by atoms with Gasteiger partial charge in [-0.1, -0.05) is 19.3 Å². The van der Waals surface area contributed by atoms with Crippen LogP contribution >= 0.6 is 0 Å². The molecule has 1 fully saturated rings. The summed E-state index contributed by atoms with van der Waals surface area (Å²) in [6, 6.07) is 1.78. The molecule has 1 aliphatic carbocycles. The number of carbonyl (C=O) groups is 1. The van der Waals surface area contributed by atoms with Gasteiger partial charge in [-0.2, -0.15) is 5.26 Å². The number of hydrogen-bond donors (Lipinski definition) is 2. The molecule has 1 rings (SSSR count). The zero-order valence-electron chi connectivity index (χ0n) is 9.99. The monoisotopic (exact) mass is 224 g/mol. The number of amides is 1. The Bertz CT molecular complexity index is 294. The van der Waals surface area contributed by atoms with Crippen molar-refractivity contribution >= 4 is 5.91 Å². The number of aliphatic hydroxyl groups is 1.